The van der Waals surface area contributed by atoms with Gasteiger partial charge in [0.05, 0.1) is 0 Å². The maximum atomic E-state index is 11.6. The number of aromatic hydroxyl groups is 1. The lowest BCUT2D eigenvalue weighted by atomic mass is 9.76. The molecule has 2 N–H and O–H groups in total. The summed E-state index contributed by atoms with van der Waals surface area (Å²) in [6.45, 7) is 1.90. The fourth-order valence-corrected chi connectivity index (χ4v) is 2.57. The minimum atomic E-state index is -1.21. The van der Waals surface area contributed by atoms with Gasteiger partial charge in [-0.05, 0) is 31.4 Å². The zero-order chi connectivity index (χ0) is 13.2. The summed E-state index contributed by atoms with van der Waals surface area (Å²) in [7, 11) is 0. The van der Waals surface area contributed by atoms with Crippen molar-refractivity contribution in [3.05, 3.63) is 24.3 Å². The van der Waals surface area contributed by atoms with Crippen molar-refractivity contribution in [3.8, 4) is 11.5 Å². The molecule has 0 bridgehead atoms. The van der Waals surface area contributed by atoms with Crippen LogP contribution in [-0.4, -0.2) is 21.8 Å². The van der Waals surface area contributed by atoms with Crippen LogP contribution in [0, 0.1) is 5.92 Å². The maximum absolute atomic E-state index is 11.6. The number of ether oxygens (including phenoxy) is 1. The molecule has 1 aromatic rings. The number of benzene rings is 1. The summed E-state index contributed by atoms with van der Waals surface area (Å²) in [5, 5.41) is 19.2. The average molecular weight is 250 g/mol. The smallest absolute Gasteiger partial charge is 0.348 e. The van der Waals surface area contributed by atoms with Crippen LogP contribution in [0.25, 0.3) is 0 Å². The molecule has 0 radical (unpaired) electrons. The molecule has 1 aliphatic rings. The Morgan fingerprint density at radius 1 is 1.39 bits per heavy atom. The number of phenols is 1. The number of hydrogen-bond donors (Lipinski definition) is 2. The van der Waals surface area contributed by atoms with E-state index in [9.17, 15) is 15.0 Å². The van der Waals surface area contributed by atoms with Crippen LogP contribution < -0.4 is 4.74 Å². The quantitative estimate of drug-likeness (QED) is 0.865. The molecule has 0 spiro atoms. The fourth-order valence-electron chi connectivity index (χ4n) is 2.57. The van der Waals surface area contributed by atoms with Gasteiger partial charge in [0, 0.05) is 5.92 Å². The van der Waals surface area contributed by atoms with Crippen LogP contribution in [0.5, 0.6) is 11.5 Å². The average Bonchev–Trinajstić information content (AvgIpc) is 2.34. The number of hydrogen-bond acceptors (Lipinski definition) is 3. The van der Waals surface area contributed by atoms with Crippen LogP contribution >= 0.6 is 0 Å². The van der Waals surface area contributed by atoms with E-state index in [0.717, 1.165) is 19.3 Å². The molecule has 1 aromatic carbocycles. The highest BCUT2D eigenvalue weighted by atomic mass is 16.5. The van der Waals surface area contributed by atoms with Gasteiger partial charge in [0.25, 0.3) is 0 Å². The van der Waals surface area contributed by atoms with E-state index in [0.29, 0.717) is 6.42 Å². The number of rotatable bonds is 3. The Kier molecular flexibility index (Phi) is 3.45. The van der Waals surface area contributed by atoms with Gasteiger partial charge in [-0.2, -0.15) is 0 Å². The van der Waals surface area contributed by atoms with Gasteiger partial charge in [0.15, 0.2) is 11.5 Å². The molecule has 4 heteroatoms. The first-order valence-corrected chi connectivity index (χ1v) is 6.26. The summed E-state index contributed by atoms with van der Waals surface area (Å²) in [4.78, 5) is 11.6. The molecule has 2 unspecified atom stereocenters. The van der Waals surface area contributed by atoms with Gasteiger partial charge in [-0.15, -0.1) is 0 Å². The Morgan fingerprint density at radius 2 is 2.11 bits per heavy atom. The summed E-state index contributed by atoms with van der Waals surface area (Å²) in [6, 6.07) is 6.50. The topological polar surface area (TPSA) is 66.8 Å². The van der Waals surface area contributed by atoms with E-state index in [1.165, 1.54) is 6.07 Å². The minimum Gasteiger partial charge on any atom is -0.504 e. The van der Waals surface area contributed by atoms with E-state index in [1.54, 1.807) is 18.2 Å². The molecule has 2 atom stereocenters. The van der Waals surface area contributed by atoms with Crippen LogP contribution in [0.2, 0.25) is 0 Å². The molecule has 1 aliphatic carbocycles. The molecule has 0 aliphatic heterocycles. The Morgan fingerprint density at radius 3 is 2.72 bits per heavy atom. The molecule has 2 rings (SSSR count). The molecule has 18 heavy (non-hydrogen) atoms. The van der Waals surface area contributed by atoms with E-state index in [-0.39, 0.29) is 17.4 Å². The standard InChI is InChI=1S/C14H18O4/c1-10-6-4-5-9-14(10,13(16)17)18-12-8-3-2-7-11(12)15/h2-3,7-8,10,15H,4-6,9H2,1H3,(H,16,17). The van der Waals surface area contributed by atoms with Crippen LogP contribution in [0.4, 0.5) is 0 Å². The van der Waals surface area contributed by atoms with Crippen molar-refractivity contribution in [2.75, 3.05) is 0 Å². The highest BCUT2D eigenvalue weighted by Gasteiger charge is 2.48. The third-order valence-electron chi connectivity index (χ3n) is 3.75. The number of carboxylic acid groups (broad SMARTS) is 1. The lowest BCUT2D eigenvalue weighted by Gasteiger charge is -2.39. The molecule has 0 aromatic heterocycles. The van der Waals surface area contributed by atoms with Gasteiger partial charge < -0.3 is 14.9 Å². The summed E-state index contributed by atoms with van der Waals surface area (Å²) >= 11 is 0. The zero-order valence-corrected chi connectivity index (χ0v) is 10.4. The summed E-state index contributed by atoms with van der Waals surface area (Å²) < 4.78 is 5.70. The van der Waals surface area contributed by atoms with E-state index in [4.69, 9.17) is 4.74 Å². The molecule has 1 saturated carbocycles. The van der Waals surface area contributed by atoms with Gasteiger partial charge in [0.1, 0.15) is 0 Å². The molecule has 1 fully saturated rings. The Hall–Kier alpha value is -1.71. The number of aliphatic carboxylic acids is 1. The van der Waals surface area contributed by atoms with Crippen molar-refractivity contribution in [3.63, 3.8) is 0 Å². The predicted octanol–water partition coefficient (Wildman–Crippen LogP) is 2.80. The second-order valence-electron chi connectivity index (χ2n) is 4.91. The van der Waals surface area contributed by atoms with Gasteiger partial charge in [-0.3, -0.25) is 0 Å². The van der Waals surface area contributed by atoms with Crippen LogP contribution in [0.1, 0.15) is 32.6 Å². The highest BCUT2D eigenvalue weighted by Crippen LogP contribution is 2.40. The monoisotopic (exact) mass is 250 g/mol. The summed E-state index contributed by atoms with van der Waals surface area (Å²) in [5.41, 5.74) is -1.21. The second kappa shape index (κ2) is 4.88. The lowest BCUT2D eigenvalue weighted by Crippen LogP contribution is -2.51. The molecule has 98 valence electrons. The summed E-state index contributed by atoms with van der Waals surface area (Å²) in [6.07, 6.45) is 3.18. The lowest BCUT2D eigenvalue weighted by molar-refractivity contribution is -0.163. The van der Waals surface area contributed by atoms with Crippen molar-refractivity contribution >= 4 is 5.97 Å². The molecule has 0 heterocycles. The van der Waals surface area contributed by atoms with Gasteiger partial charge in [-0.1, -0.05) is 25.5 Å². The SMILES string of the molecule is CC1CCCCC1(Oc1ccccc1O)C(=O)O. The summed E-state index contributed by atoms with van der Waals surface area (Å²) in [5.74, 6) is -0.786. The van der Waals surface area contributed by atoms with Crippen molar-refractivity contribution in [1.29, 1.82) is 0 Å². The molecular formula is C14H18O4. The fraction of sp³-hybridized carbons (Fsp3) is 0.500. The van der Waals surface area contributed by atoms with Crippen LogP contribution in [0.3, 0.4) is 0 Å². The molecule has 0 saturated heterocycles. The maximum Gasteiger partial charge on any atom is 0.348 e. The number of carboxylic acids is 1. The first-order chi connectivity index (χ1) is 8.56. The van der Waals surface area contributed by atoms with Crippen molar-refractivity contribution < 1.29 is 19.7 Å². The largest absolute Gasteiger partial charge is 0.504 e. The third kappa shape index (κ3) is 2.15. The predicted molar refractivity (Wildman–Crippen MR) is 66.7 cm³/mol. The first-order valence-electron chi connectivity index (χ1n) is 6.26. The second-order valence-corrected chi connectivity index (χ2v) is 4.91. The van der Waals surface area contributed by atoms with Gasteiger partial charge >= 0.3 is 5.97 Å². The first kappa shape index (κ1) is 12.7. The highest BCUT2D eigenvalue weighted by molar-refractivity contribution is 5.78. The van der Waals surface area contributed by atoms with Crippen molar-refractivity contribution in [2.45, 2.75) is 38.2 Å². The van der Waals surface area contributed by atoms with E-state index < -0.39 is 11.6 Å². The zero-order valence-electron chi connectivity index (χ0n) is 10.4. The Balaban J connectivity index is 2.32. The molecular weight excluding hydrogens is 232 g/mol. The number of para-hydroxylation sites is 2. The molecule has 0 amide bonds. The van der Waals surface area contributed by atoms with Crippen molar-refractivity contribution in [2.24, 2.45) is 5.92 Å². The number of phenolic OH excluding ortho intramolecular Hbond substituents is 1. The minimum absolute atomic E-state index is 0.0177. The van der Waals surface area contributed by atoms with Gasteiger partial charge in [-0.25, -0.2) is 4.79 Å². The normalized spacial score (nSPS) is 27.7. The number of carbonyl (C=O) groups is 1. The molecule has 4 nitrogen and oxygen atoms in total. The third-order valence-corrected chi connectivity index (χ3v) is 3.75. The Labute approximate surface area is 106 Å². The van der Waals surface area contributed by atoms with E-state index in [2.05, 4.69) is 0 Å². The van der Waals surface area contributed by atoms with E-state index in [1.807, 2.05) is 6.92 Å². The van der Waals surface area contributed by atoms with Gasteiger partial charge in [0.2, 0.25) is 5.60 Å². The van der Waals surface area contributed by atoms with Crippen LogP contribution in [0.15, 0.2) is 24.3 Å². The van der Waals surface area contributed by atoms with E-state index >= 15 is 0 Å². The Bertz CT molecular complexity index is 443. The van der Waals surface area contributed by atoms with Crippen molar-refractivity contribution in [1.82, 2.24) is 0 Å². The van der Waals surface area contributed by atoms with Crippen LogP contribution in [-0.2, 0) is 4.79 Å².